The van der Waals surface area contributed by atoms with Crippen molar-refractivity contribution in [2.75, 3.05) is 0 Å². The average molecular weight is 376 g/mol. The zero-order valence-electron chi connectivity index (χ0n) is 9.50. The van der Waals surface area contributed by atoms with Crippen LogP contribution in [0.4, 0.5) is 0 Å². The fourth-order valence-electron chi connectivity index (χ4n) is 1.84. The van der Waals surface area contributed by atoms with Crippen LogP contribution in [0.2, 0.25) is 0 Å². The van der Waals surface area contributed by atoms with E-state index in [1.807, 2.05) is 38.1 Å². The van der Waals surface area contributed by atoms with Crippen molar-refractivity contribution in [3.05, 3.63) is 54.1 Å². The molecule has 1 nitrogen and oxygen atoms in total. The molecule has 0 fully saturated rings. The minimum Gasteiger partial charge on any atom is -0.384 e. The Hall–Kier alpha value is -0.160. The van der Waals surface area contributed by atoms with Crippen molar-refractivity contribution in [1.82, 2.24) is 0 Å². The second-order valence-corrected chi connectivity index (χ2v) is 7.52. The van der Waals surface area contributed by atoms with Crippen LogP contribution in [0.15, 0.2) is 32.5 Å². The van der Waals surface area contributed by atoms with Crippen LogP contribution in [0, 0.1) is 13.8 Å². The second-order valence-electron chi connectivity index (χ2n) is 3.97. The molecule has 0 saturated carbocycles. The van der Waals surface area contributed by atoms with Gasteiger partial charge in [-0.05, 0) is 64.7 Å². The zero-order valence-corrected chi connectivity index (χ0v) is 13.5. The monoisotopic (exact) mass is 374 g/mol. The topological polar surface area (TPSA) is 20.2 Å². The molecule has 0 aliphatic heterocycles. The number of aryl methyl sites for hydroxylation is 2. The van der Waals surface area contributed by atoms with Gasteiger partial charge in [0.15, 0.2) is 0 Å². The molecule has 2 aromatic rings. The van der Waals surface area contributed by atoms with E-state index in [9.17, 15) is 5.11 Å². The van der Waals surface area contributed by atoms with Crippen molar-refractivity contribution in [3.8, 4) is 0 Å². The van der Waals surface area contributed by atoms with Crippen LogP contribution < -0.4 is 0 Å². The summed E-state index contributed by atoms with van der Waals surface area (Å²) in [5.41, 5.74) is 3.03. The van der Waals surface area contributed by atoms with Gasteiger partial charge in [0.05, 0.1) is 3.79 Å². The molecule has 0 aliphatic rings. The van der Waals surface area contributed by atoms with Crippen LogP contribution in [-0.4, -0.2) is 5.11 Å². The third kappa shape index (κ3) is 2.81. The van der Waals surface area contributed by atoms with Crippen molar-refractivity contribution in [1.29, 1.82) is 0 Å². The SMILES string of the molecule is Cc1cc(Br)ccc1C(O)c1cc(Br)sc1C. The third-order valence-electron chi connectivity index (χ3n) is 2.75. The number of aliphatic hydroxyl groups is 1. The van der Waals surface area contributed by atoms with Gasteiger partial charge in [0, 0.05) is 9.35 Å². The molecule has 1 aromatic carbocycles. The van der Waals surface area contributed by atoms with Gasteiger partial charge in [-0.25, -0.2) is 0 Å². The van der Waals surface area contributed by atoms with Crippen LogP contribution in [0.5, 0.6) is 0 Å². The smallest absolute Gasteiger partial charge is 0.105 e. The van der Waals surface area contributed by atoms with Crippen molar-refractivity contribution < 1.29 is 5.11 Å². The summed E-state index contributed by atoms with van der Waals surface area (Å²) in [4.78, 5) is 1.15. The van der Waals surface area contributed by atoms with Crippen molar-refractivity contribution >= 4 is 43.2 Å². The van der Waals surface area contributed by atoms with Crippen molar-refractivity contribution in [3.63, 3.8) is 0 Å². The van der Waals surface area contributed by atoms with E-state index in [1.54, 1.807) is 11.3 Å². The fourth-order valence-corrected chi connectivity index (χ4v) is 4.06. The lowest BCUT2D eigenvalue weighted by Gasteiger charge is -2.14. The van der Waals surface area contributed by atoms with Gasteiger partial charge in [0.2, 0.25) is 0 Å². The summed E-state index contributed by atoms with van der Waals surface area (Å²) in [6.45, 7) is 4.04. The lowest BCUT2D eigenvalue weighted by atomic mass is 9.98. The molecule has 1 atom stereocenters. The maximum atomic E-state index is 10.4. The Morgan fingerprint density at radius 3 is 2.35 bits per heavy atom. The van der Waals surface area contributed by atoms with Gasteiger partial charge in [0.1, 0.15) is 6.10 Å². The lowest BCUT2D eigenvalue weighted by Crippen LogP contribution is -2.01. The van der Waals surface area contributed by atoms with Gasteiger partial charge in [0.25, 0.3) is 0 Å². The molecule has 0 amide bonds. The van der Waals surface area contributed by atoms with Crippen LogP contribution >= 0.6 is 43.2 Å². The predicted molar refractivity (Wildman–Crippen MR) is 79.7 cm³/mol. The Morgan fingerprint density at radius 2 is 1.82 bits per heavy atom. The lowest BCUT2D eigenvalue weighted by molar-refractivity contribution is 0.219. The molecular weight excluding hydrogens is 364 g/mol. The second kappa shape index (κ2) is 5.22. The minimum absolute atomic E-state index is 0.550. The van der Waals surface area contributed by atoms with E-state index in [-0.39, 0.29) is 0 Å². The third-order valence-corrected chi connectivity index (χ3v) is 4.81. The number of thiophene rings is 1. The van der Waals surface area contributed by atoms with Gasteiger partial charge in [-0.15, -0.1) is 11.3 Å². The maximum Gasteiger partial charge on any atom is 0.105 e. The Balaban J connectivity index is 2.43. The van der Waals surface area contributed by atoms with Gasteiger partial charge >= 0.3 is 0 Å². The number of aliphatic hydroxyl groups excluding tert-OH is 1. The molecule has 0 saturated heterocycles. The molecule has 1 N–H and O–H groups in total. The van der Waals surface area contributed by atoms with E-state index < -0.39 is 6.10 Å². The first-order valence-electron chi connectivity index (χ1n) is 5.19. The summed E-state index contributed by atoms with van der Waals surface area (Å²) in [5.74, 6) is 0. The predicted octanol–water partition coefficient (Wildman–Crippen LogP) is 4.97. The molecule has 1 unspecified atom stereocenters. The van der Waals surface area contributed by atoms with Crippen molar-refractivity contribution in [2.45, 2.75) is 20.0 Å². The Kier molecular flexibility index (Phi) is 4.08. The van der Waals surface area contributed by atoms with E-state index in [2.05, 4.69) is 31.9 Å². The quantitative estimate of drug-likeness (QED) is 0.785. The Labute approximate surface area is 122 Å². The van der Waals surface area contributed by atoms with Crippen LogP contribution in [-0.2, 0) is 0 Å². The maximum absolute atomic E-state index is 10.4. The molecule has 4 heteroatoms. The number of rotatable bonds is 2. The van der Waals surface area contributed by atoms with Crippen molar-refractivity contribution in [2.24, 2.45) is 0 Å². The summed E-state index contributed by atoms with van der Waals surface area (Å²) in [5, 5.41) is 10.4. The van der Waals surface area contributed by atoms with Gasteiger partial charge < -0.3 is 5.11 Å². The zero-order chi connectivity index (χ0) is 12.6. The van der Waals surface area contributed by atoms with Gasteiger partial charge in [-0.3, -0.25) is 0 Å². The van der Waals surface area contributed by atoms with Gasteiger partial charge in [-0.1, -0.05) is 22.0 Å². The minimum atomic E-state index is -0.550. The Morgan fingerprint density at radius 1 is 1.12 bits per heavy atom. The highest BCUT2D eigenvalue weighted by molar-refractivity contribution is 9.11. The summed E-state index contributed by atoms with van der Waals surface area (Å²) in [6.07, 6.45) is -0.550. The summed E-state index contributed by atoms with van der Waals surface area (Å²) >= 11 is 8.54. The highest BCUT2D eigenvalue weighted by atomic mass is 79.9. The number of hydrogen-bond acceptors (Lipinski definition) is 2. The van der Waals surface area contributed by atoms with E-state index in [0.29, 0.717) is 0 Å². The van der Waals surface area contributed by atoms with Crippen LogP contribution in [0.25, 0.3) is 0 Å². The average Bonchev–Trinajstić information content (AvgIpc) is 2.57. The summed E-state index contributed by atoms with van der Waals surface area (Å²) < 4.78 is 2.09. The molecule has 0 bridgehead atoms. The molecule has 2 rings (SSSR count). The molecule has 1 aromatic heterocycles. The van der Waals surface area contributed by atoms with E-state index in [4.69, 9.17) is 0 Å². The number of hydrogen-bond donors (Lipinski definition) is 1. The number of halogens is 2. The number of benzene rings is 1. The fraction of sp³-hybridized carbons (Fsp3) is 0.231. The first kappa shape index (κ1) is 13.3. The highest BCUT2D eigenvalue weighted by Crippen LogP contribution is 2.35. The first-order valence-corrected chi connectivity index (χ1v) is 7.59. The summed E-state index contributed by atoms with van der Waals surface area (Å²) in [7, 11) is 0. The van der Waals surface area contributed by atoms with E-state index in [1.165, 1.54) is 0 Å². The molecular formula is C13H12Br2OS. The van der Waals surface area contributed by atoms with Crippen LogP contribution in [0.1, 0.15) is 27.7 Å². The molecule has 90 valence electrons. The van der Waals surface area contributed by atoms with E-state index >= 15 is 0 Å². The Bertz CT molecular complexity index is 548. The summed E-state index contributed by atoms with van der Waals surface area (Å²) in [6, 6.07) is 7.94. The molecule has 1 heterocycles. The molecule has 0 aliphatic carbocycles. The van der Waals surface area contributed by atoms with E-state index in [0.717, 1.165) is 29.8 Å². The molecule has 0 spiro atoms. The van der Waals surface area contributed by atoms with Gasteiger partial charge in [-0.2, -0.15) is 0 Å². The normalized spacial score (nSPS) is 12.8. The molecule has 0 radical (unpaired) electrons. The van der Waals surface area contributed by atoms with Crippen LogP contribution in [0.3, 0.4) is 0 Å². The first-order chi connectivity index (χ1) is 7.99. The largest absolute Gasteiger partial charge is 0.384 e. The highest BCUT2D eigenvalue weighted by Gasteiger charge is 2.17. The standard InChI is InChI=1S/C13H12Br2OS/c1-7-5-9(14)3-4-10(7)13(16)11-6-12(15)17-8(11)2/h3-6,13,16H,1-2H3. The molecule has 17 heavy (non-hydrogen) atoms.